The van der Waals surface area contributed by atoms with E-state index in [0.29, 0.717) is 0 Å². The Bertz CT molecular complexity index is 827. The molecule has 0 aliphatic heterocycles. The van der Waals surface area contributed by atoms with E-state index in [2.05, 4.69) is 10.6 Å². The van der Waals surface area contributed by atoms with Crippen molar-refractivity contribution in [1.82, 2.24) is 5.32 Å². The number of nitrogens with one attached hydrogen (secondary N) is 2. The Morgan fingerprint density at radius 1 is 1.04 bits per heavy atom. The van der Waals surface area contributed by atoms with Gasteiger partial charge in [-0.15, -0.1) is 0 Å². The van der Waals surface area contributed by atoms with Crippen LogP contribution in [0.2, 0.25) is 0 Å². The monoisotopic (exact) mass is 349 g/mol. The van der Waals surface area contributed by atoms with E-state index in [9.17, 15) is 28.5 Å². The van der Waals surface area contributed by atoms with E-state index in [1.807, 2.05) is 0 Å². The van der Waals surface area contributed by atoms with E-state index in [-0.39, 0.29) is 23.4 Å². The second-order valence-electron chi connectivity index (χ2n) is 5.02. The number of amides is 2. The molecular weight excluding hydrogens is 336 g/mol. The lowest BCUT2D eigenvalue weighted by molar-refractivity contribution is -0.383. The van der Waals surface area contributed by atoms with Crippen LogP contribution in [0.5, 0.6) is 0 Å². The van der Waals surface area contributed by atoms with Crippen molar-refractivity contribution in [3.05, 3.63) is 69.8 Å². The minimum atomic E-state index is -1.07. The molecular formula is C16H13F2N3O4. The molecule has 2 aromatic rings. The first-order valence-corrected chi connectivity index (χ1v) is 7.10. The highest BCUT2D eigenvalue weighted by Crippen LogP contribution is 2.22. The van der Waals surface area contributed by atoms with Crippen LogP contribution in [0.4, 0.5) is 20.2 Å². The summed E-state index contributed by atoms with van der Waals surface area (Å²) < 4.78 is 25.9. The summed E-state index contributed by atoms with van der Waals surface area (Å²) >= 11 is 0. The average Bonchev–Trinajstić information content (AvgIpc) is 2.57. The number of halogens is 2. The molecule has 0 saturated heterocycles. The van der Waals surface area contributed by atoms with Crippen LogP contribution in [-0.2, 0) is 16.0 Å². The number of nitrogens with zero attached hydrogens (tertiary/aromatic N) is 1. The number of benzene rings is 2. The molecule has 7 nitrogen and oxygen atoms in total. The fourth-order valence-corrected chi connectivity index (χ4v) is 2.01. The van der Waals surface area contributed by atoms with Gasteiger partial charge in [-0.05, 0) is 23.8 Å². The van der Waals surface area contributed by atoms with E-state index >= 15 is 0 Å². The van der Waals surface area contributed by atoms with Gasteiger partial charge < -0.3 is 10.6 Å². The number of hydrogen-bond donors (Lipinski definition) is 2. The molecule has 0 aromatic heterocycles. The van der Waals surface area contributed by atoms with E-state index in [0.717, 1.165) is 12.1 Å². The maximum atomic E-state index is 13.1. The smallest absolute Gasteiger partial charge is 0.292 e. The molecule has 2 N–H and O–H groups in total. The van der Waals surface area contributed by atoms with Gasteiger partial charge >= 0.3 is 0 Å². The number of nitro groups is 1. The van der Waals surface area contributed by atoms with Gasteiger partial charge in [0.15, 0.2) is 11.6 Å². The van der Waals surface area contributed by atoms with Crippen LogP contribution in [0.1, 0.15) is 5.56 Å². The molecule has 2 amide bonds. The summed E-state index contributed by atoms with van der Waals surface area (Å²) in [4.78, 5) is 33.7. The lowest BCUT2D eigenvalue weighted by Crippen LogP contribution is -2.33. The summed E-state index contributed by atoms with van der Waals surface area (Å²) in [5.74, 6) is -3.33. The van der Waals surface area contributed by atoms with Crippen molar-refractivity contribution in [2.45, 2.75) is 6.42 Å². The van der Waals surface area contributed by atoms with Crippen LogP contribution >= 0.6 is 0 Å². The first-order chi connectivity index (χ1) is 11.9. The number of anilines is 1. The third-order valence-electron chi connectivity index (χ3n) is 3.17. The highest BCUT2D eigenvalue weighted by Gasteiger charge is 2.15. The summed E-state index contributed by atoms with van der Waals surface area (Å²) in [6.07, 6.45) is -0.240. The quantitative estimate of drug-likeness (QED) is 0.616. The van der Waals surface area contributed by atoms with Crippen LogP contribution in [0.25, 0.3) is 0 Å². The van der Waals surface area contributed by atoms with Gasteiger partial charge in [-0.1, -0.05) is 18.2 Å². The molecule has 9 heteroatoms. The van der Waals surface area contributed by atoms with Crippen molar-refractivity contribution in [2.24, 2.45) is 0 Å². The fraction of sp³-hybridized carbons (Fsp3) is 0.125. The topological polar surface area (TPSA) is 101 Å². The standard InChI is InChI=1S/C16H13F2N3O4/c17-11-6-5-10(7-12(11)18)8-15(22)19-9-16(23)20-13-3-1-2-4-14(13)21(24)25/h1-7H,8-9H2,(H,19,22)(H,20,23). The van der Waals surface area contributed by atoms with Crippen LogP contribution in [0, 0.1) is 21.7 Å². The van der Waals surface area contributed by atoms with Crippen molar-refractivity contribution < 1.29 is 23.3 Å². The molecule has 0 aliphatic rings. The van der Waals surface area contributed by atoms with Crippen LogP contribution in [-0.4, -0.2) is 23.3 Å². The largest absolute Gasteiger partial charge is 0.347 e. The predicted octanol–water partition coefficient (Wildman–Crippen LogP) is 2.17. The van der Waals surface area contributed by atoms with Crippen molar-refractivity contribution in [3.63, 3.8) is 0 Å². The van der Waals surface area contributed by atoms with Gasteiger partial charge in [0, 0.05) is 6.07 Å². The molecule has 2 aromatic carbocycles. The van der Waals surface area contributed by atoms with Crippen LogP contribution < -0.4 is 10.6 Å². The minimum absolute atomic E-state index is 0.00681. The number of hydrogen-bond acceptors (Lipinski definition) is 4. The van der Waals surface area contributed by atoms with E-state index in [1.165, 1.54) is 30.3 Å². The van der Waals surface area contributed by atoms with Crippen LogP contribution in [0.15, 0.2) is 42.5 Å². The molecule has 0 aliphatic carbocycles. The summed E-state index contributed by atoms with van der Waals surface area (Å²) in [5.41, 5.74) is -0.0215. The average molecular weight is 349 g/mol. The fourth-order valence-electron chi connectivity index (χ4n) is 2.01. The molecule has 0 radical (unpaired) electrons. The number of rotatable bonds is 6. The molecule has 25 heavy (non-hydrogen) atoms. The number of carbonyl (C=O) groups is 2. The van der Waals surface area contributed by atoms with Crippen molar-refractivity contribution >= 4 is 23.2 Å². The number of carbonyl (C=O) groups excluding carboxylic acids is 2. The Kier molecular flexibility index (Phi) is 5.72. The maximum absolute atomic E-state index is 13.1. The Morgan fingerprint density at radius 2 is 1.76 bits per heavy atom. The third-order valence-corrected chi connectivity index (χ3v) is 3.17. The highest BCUT2D eigenvalue weighted by atomic mass is 19.2. The normalized spacial score (nSPS) is 10.2. The van der Waals surface area contributed by atoms with Gasteiger partial charge in [-0.3, -0.25) is 19.7 Å². The predicted molar refractivity (Wildman–Crippen MR) is 84.8 cm³/mol. The molecule has 0 atom stereocenters. The van der Waals surface area contributed by atoms with Crippen LogP contribution in [0.3, 0.4) is 0 Å². The lowest BCUT2D eigenvalue weighted by Gasteiger charge is -2.07. The van der Waals surface area contributed by atoms with Gasteiger partial charge in [0.1, 0.15) is 5.69 Å². The molecule has 130 valence electrons. The zero-order chi connectivity index (χ0) is 18.4. The van der Waals surface area contributed by atoms with Gasteiger partial charge in [0.05, 0.1) is 17.9 Å². The summed E-state index contributed by atoms with van der Waals surface area (Å²) in [6, 6.07) is 8.62. The third kappa shape index (κ3) is 5.06. The van der Waals surface area contributed by atoms with Gasteiger partial charge in [-0.2, -0.15) is 0 Å². The zero-order valence-corrected chi connectivity index (χ0v) is 12.8. The second-order valence-corrected chi connectivity index (χ2v) is 5.02. The van der Waals surface area contributed by atoms with Gasteiger partial charge in [-0.25, -0.2) is 8.78 Å². The zero-order valence-electron chi connectivity index (χ0n) is 12.8. The van der Waals surface area contributed by atoms with E-state index in [4.69, 9.17) is 0 Å². The molecule has 0 unspecified atom stereocenters. The van der Waals surface area contributed by atoms with E-state index < -0.39 is 34.9 Å². The number of nitro benzene ring substituents is 1. The first kappa shape index (κ1) is 18.0. The number of para-hydroxylation sites is 2. The Labute approximate surface area is 140 Å². The summed E-state index contributed by atoms with van der Waals surface area (Å²) in [6.45, 7) is -0.422. The lowest BCUT2D eigenvalue weighted by atomic mass is 10.1. The minimum Gasteiger partial charge on any atom is -0.347 e. The molecule has 0 saturated carbocycles. The molecule has 0 heterocycles. The van der Waals surface area contributed by atoms with Gasteiger partial charge in [0.2, 0.25) is 11.8 Å². The van der Waals surface area contributed by atoms with Gasteiger partial charge in [0.25, 0.3) is 5.69 Å². The maximum Gasteiger partial charge on any atom is 0.292 e. The molecule has 2 rings (SSSR count). The molecule has 0 bridgehead atoms. The van der Waals surface area contributed by atoms with Crippen molar-refractivity contribution in [3.8, 4) is 0 Å². The Morgan fingerprint density at radius 3 is 2.44 bits per heavy atom. The van der Waals surface area contributed by atoms with E-state index in [1.54, 1.807) is 0 Å². The highest BCUT2D eigenvalue weighted by molar-refractivity contribution is 5.96. The van der Waals surface area contributed by atoms with Crippen molar-refractivity contribution in [2.75, 3.05) is 11.9 Å². The SMILES string of the molecule is O=C(Cc1ccc(F)c(F)c1)NCC(=O)Nc1ccccc1[N+](=O)[O-]. The molecule has 0 spiro atoms. The Balaban J connectivity index is 1.88. The Hall–Kier alpha value is -3.36. The van der Waals surface area contributed by atoms with Crippen molar-refractivity contribution in [1.29, 1.82) is 0 Å². The second kappa shape index (κ2) is 7.95. The first-order valence-electron chi connectivity index (χ1n) is 7.10. The summed E-state index contributed by atoms with van der Waals surface area (Å²) in [5, 5.41) is 15.5. The summed E-state index contributed by atoms with van der Waals surface area (Å²) in [7, 11) is 0. The molecule has 0 fully saturated rings.